The first kappa shape index (κ1) is 16.4. The normalized spacial score (nSPS) is 19.5. The molecule has 0 aromatic carbocycles. The topological polar surface area (TPSA) is 58.4 Å². The van der Waals surface area contributed by atoms with E-state index in [1.165, 1.54) is 32.1 Å². The lowest BCUT2D eigenvalue weighted by Crippen LogP contribution is -2.55. The van der Waals surface area contributed by atoms with Crippen molar-refractivity contribution in [2.24, 2.45) is 5.73 Å². The summed E-state index contributed by atoms with van der Waals surface area (Å²) in [7, 11) is 0. The Labute approximate surface area is 118 Å². The minimum atomic E-state index is -0.174. The van der Waals surface area contributed by atoms with Gasteiger partial charge < -0.3 is 11.1 Å². The van der Waals surface area contributed by atoms with E-state index in [0.29, 0.717) is 12.6 Å². The van der Waals surface area contributed by atoms with Gasteiger partial charge in [-0.1, -0.05) is 19.3 Å². The molecule has 3 N–H and O–H groups in total. The number of nitrogens with two attached hydrogens (primary N) is 1. The maximum Gasteiger partial charge on any atom is 0.237 e. The maximum absolute atomic E-state index is 12.3. The number of nitrogens with one attached hydrogen (secondary N) is 1. The van der Waals surface area contributed by atoms with Crippen LogP contribution in [0.5, 0.6) is 0 Å². The summed E-state index contributed by atoms with van der Waals surface area (Å²) < 4.78 is 0. The van der Waals surface area contributed by atoms with E-state index < -0.39 is 0 Å². The molecule has 0 spiro atoms. The van der Waals surface area contributed by atoms with Crippen molar-refractivity contribution in [1.82, 2.24) is 10.2 Å². The molecule has 0 saturated heterocycles. The molecule has 0 bridgehead atoms. The monoisotopic (exact) mass is 269 g/mol. The summed E-state index contributed by atoms with van der Waals surface area (Å²) in [5, 5.41) is 3.08. The van der Waals surface area contributed by atoms with Crippen LogP contribution < -0.4 is 11.1 Å². The lowest BCUT2D eigenvalue weighted by atomic mass is 9.93. The minimum absolute atomic E-state index is 0.0918. The fourth-order valence-corrected chi connectivity index (χ4v) is 2.88. The molecule has 1 aliphatic carbocycles. The van der Waals surface area contributed by atoms with Crippen molar-refractivity contribution in [1.29, 1.82) is 0 Å². The van der Waals surface area contributed by atoms with E-state index in [1.807, 2.05) is 27.7 Å². The molecule has 1 fully saturated rings. The summed E-state index contributed by atoms with van der Waals surface area (Å²) in [6.45, 7) is 9.49. The average molecular weight is 269 g/mol. The number of hydrogen-bond acceptors (Lipinski definition) is 3. The molecule has 0 aromatic rings. The lowest BCUT2D eigenvalue weighted by molar-refractivity contribution is -0.128. The highest BCUT2D eigenvalue weighted by atomic mass is 16.2. The zero-order valence-corrected chi connectivity index (χ0v) is 13.0. The van der Waals surface area contributed by atoms with Crippen LogP contribution in [-0.4, -0.2) is 41.5 Å². The third-order valence-corrected chi connectivity index (χ3v) is 3.81. The predicted octanol–water partition coefficient (Wildman–Crippen LogP) is 1.88. The van der Waals surface area contributed by atoms with Gasteiger partial charge in [0, 0.05) is 24.7 Å². The van der Waals surface area contributed by atoms with Crippen molar-refractivity contribution in [2.45, 2.75) is 77.4 Å². The molecule has 1 saturated carbocycles. The summed E-state index contributed by atoms with van der Waals surface area (Å²) in [5.41, 5.74) is 5.55. The van der Waals surface area contributed by atoms with Crippen LogP contribution in [0, 0.1) is 0 Å². The quantitative estimate of drug-likeness (QED) is 0.801. The van der Waals surface area contributed by atoms with Gasteiger partial charge in [0.05, 0.1) is 6.04 Å². The van der Waals surface area contributed by atoms with Gasteiger partial charge >= 0.3 is 0 Å². The van der Waals surface area contributed by atoms with Crippen LogP contribution in [0.2, 0.25) is 0 Å². The smallest absolute Gasteiger partial charge is 0.237 e. The number of hydrogen-bond donors (Lipinski definition) is 2. The van der Waals surface area contributed by atoms with Gasteiger partial charge in [0.15, 0.2) is 0 Å². The Bertz CT molecular complexity index is 280. The van der Waals surface area contributed by atoms with Crippen molar-refractivity contribution < 1.29 is 4.79 Å². The van der Waals surface area contributed by atoms with E-state index in [2.05, 4.69) is 10.2 Å². The van der Waals surface area contributed by atoms with Crippen molar-refractivity contribution >= 4 is 5.91 Å². The predicted molar refractivity (Wildman–Crippen MR) is 80.0 cm³/mol. The Morgan fingerprint density at radius 2 is 1.89 bits per heavy atom. The molecule has 0 aromatic heterocycles. The highest BCUT2D eigenvalue weighted by Crippen LogP contribution is 2.24. The van der Waals surface area contributed by atoms with Crippen LogP contribution in [0.3, 0.4) is 0 Å². The van der Waals surface area contributed by atoms with Gasteiger partial charge in [-0.25, -0.2) is 0 Å². The Morgan fingerprint density at radius 1 is 1.32 bits per heavy atom. The van der Waals surface area contributed by atoms with E-state index in [1.54, 1.807) is 0 Å². The molecule has 1 atom stereocenters. The summed E-state index contributed by atoms with van der Waals surface area (Å²) in [4.78, 5) is 14.6. The highest BCUT2D eigenvalue weighted by Gasteiger charge is 2.30. The van der Waals surface area contributed by atoms with Crippen LogP contribution in [0.4, 0.5) is 0 Å². The van der Waals surface area contributed by atoms with Gasteiger partial charge in [-0.05, 0) is 40.5 Å². The number of carbonyl (C=O) groups is 1. The van der Waals surface area contributed by atoms with E-state index in [4.69, 9.17) is 5.73 Å². The van der Waals surface area contributed by atoms with Crippen molar-refractivity contribution in [3.05, 3.63) is 0 Å². The molecule has 0 heterocycles. The van der Waals surface area contributed by atoms with Gasteiger partial charge in [-0.15, -0.1) is 0 Å². The Kier molecular flexibility index (Phi) is 6.27. The van der Waals surface area contributed by atoms with Crippen molar-refractivity contribution in [2.75, 3.05) is 13.1 Å². The Hall–Kier alpha value is -0.610. The summed E-state index contributed by atoms with van der Waals surface area (Å²) in [6, 6.07) is 0.434. The number of amides is 1. The molecular weight excluding hydrogens is 238 g/mol. The summed E-state index contributed by atoms with van der Waals surface area (Å²) in [5.74, 6) is 0.117. The fourth-order valence-electron chi connectivity index (χ4n) is 2.88. The summed E-state index contributed by atoms with van der Waals surface area (Å²) in [6.07, 6.45) is 6.29. The molecule has 1 aliphatic rings. The average Bonchev–Trinajstić information content (AvgIpc) is 2.34. The third kappa shape index (κ3) is 5.49. The van der Waals surface area contributed by atoms with Crippen LogP contribution in [0.1, 0.15) is 59.8 Å². The van der Waals surface area contributed by atoms with Gasteiger partial charge in [0.25, 0.3) is 0 Å². The first-order chi connectivity index (χ1) is 8.85. The van der Waals surface area contributed by atoms with E-state index >= 15 is 0 Å². The maximum atomic E-state index is 12.3. The van der Waals surface area contributed by atoms with Crippen molar-refractivity contribution in [3.8, 4) is 0 Å². The van der Waals surface area contributed by atoms with Gasteiger partial charge in [0.1, 0.15) is 0 Å². The molecule has 1 amide bonds. The Morgan fingerprint density at radius 3 is 2.37 bits per heavy atom. The van der Waals surface area contributed by atoms with Gasteiger partial charge in [-0.3, -0.25) is 9.69 Å². The molecular formula is C15H31N3O. The van der Waals surface area contributed by atoms with Crippen molar-refractivity contribution in [3.63, 3.8) is 0 Å². The SMILES string of the molecule is CC(C(=O)NC(C)(C)C)N(CCN)C1CCCCC1. The van der Waals surface area contributed by atoms with Gasteiger partial charge in [0.2, 0.25) is 5.91 Å². The fraction of sp³-hybridized carbons (Fsp3) is 0.933. The molecule has 1 rings (SSSR count). The summed E-state index contributed by atoms with van der Waals surface area (Å²) >= 11 is 0. The van der Waals surface area contributed by atoms with E-state index in [-0.39, 0.29) is 17.5 Å². The van der Waals surface area contributed by atoms with Gasteiger partial charge in [-0.2, -0.15) is 0 Å². The standard InChI is InChI=1S/C15H31N3O/c1-12(14(19)17-15(2,3)4)18(11-10-16)13-8-6-5-7-9-13/h12-13H,5-11,16H2,1-4H3,(H,17,19). The second kappa shape index (κ2) is 7.25. The highest BCUT2D eigenvalue weighted by molar-refractivity contribution is 5.82. The first-order valence-corrected chi connectivity index (χ1v) is 7.63. The van der Waals surface area contributed by atoms with E-state index in [0.717, 1.165) is 6.54 Å². The molecule has 112 valence electrons. The number of nitrogens with zero attached hydrogens (tertiary/aromatic N) is 1. The molecule has 0 radical (unpaired) electrons. The molecule has 4 nitrogen and oxygen atoms in total. The molecule has 19 heavy (non-hydrogen) atoms. The first-order valence-electron chi connectivity index (χ1n) is 7.63. The number of carbonyl (C=O) groups excluding carboxylic acids is 1. The largest absolute Gasteiger partial charge is 0.350 e. The second-order valence-corrected chi connectivity index (χ2v) is 6.73. The Balaban J connectivity index is 2.65. The van der Waals surface area contributed by atoms with Crippen LogP contribution in [-0.2, 0) is 4.79 Å². The van der Waals surface area contributed by atoms with Crippen LogP contribution in [0.15, 0.2) is 0 Å². The number of rotatable bonds is 5. The lowest BCUT2D eigenvalue weighted by Gasteiger charge is -2.38. The zero-order valence-electron chi connectivity index (χ0n) is 13.0. The molecule has 0 aliphatic heterocycles. The molecule has 1 unspecified atom stereocenters. The van der Waals surface area contributed by atoms with E-state index in [9.17, 15) is 4.79 Å². The van der Waals surface area contributed by atoms with Crippen LogP contribution >= 0.6 is 0 Å². The second-order valence-electron chi connectivity index (χ2n) is 6.73. The third-order valence-electron chi connectivity index (χ3n) is 3.81. The molecule has 4 heteroatoms. The zero-order chi connectivity index (χ0) is 14.5. The minimum Gasteiger partial charge on any atom is -0.350 e. The van der Waals surface area contributed by atoms with Crippen LogP contribution in [0.25, 0.3) is 0 Å².